The second-order valence-corrected chi connectivity index (χ2v) is 8.52. The number of carbonyl (C=O) groups is 1. The molecule has 40 heavy (non-hydrogen) atoms. The number of nitrogens with two attached hydrogens (primary N) is 1. The number of nitrogens with one attached hydrogen (secondary N) is 3. The third-order valence-corrected chi connectivity index (χ3v) is 5.62. The maximum Gasteiger partial charge on any atom is 0.417 e. The van der Waals surface area contributed by atoms with E-state index in [-0.39, 0.29) is 48.0 Å². The van der Waals surface area contributed by atoms with Crippen molar-refractivity contribution in [3.63, 3.8) is 0 Å². The zero-order chi connectivity index (χ0) is 28.9. The first-order valence-electron chi connectivity index (χ1n) is 11.8. The van der Waals surface area contributed by atoms with Crippen LogP contribution in [0.25, 0.3) is 16.9 Å². The Morgan fingerprint density at radius 1 is 1.10 bits per heavy atom. The van der Waals surface area contributed by atoms with Crippen LogP contribution in [0.3, 0.4) is 0 Å². The van der Waals surface area contributed by atoms with E-state index in [1.165, 1.54) is 52.0 Å². The van der Waals surface area contributed by atoms with Crippen molar-refractivity contribution in [1.82, 2.24) is 30.4 Å². The number of benzene rings is 2. The van der Waals surface area contributed by atoms with Crippen molar-refractivity contribution in [3.05, 3.63) is 83.4 Å². The number of amidine groups is 1. The molecule has 0 unspecified atom stereocenters. The molecule has 4 rings (SSSR count). The molecule has 0 atom stereocenters. The molecule has 0 bridgehead atoms. The fourth-order valence-electron chi connectivity index (χ4n) is 3.79. The fourth-order valence-corrected chi connectivity index (χ4v) is 3.79. The van der Waals surface area contributed by atoms with Gasteiger partial charge in [0.25, 0.3) is 5.91 Å². The second-order valence-electron chi connectivity index (χ2n) is 8.52. The molecule has 15 heteroatoms. The van der Waals surface area contributed by atoms with E-state index >= 15 is 0 Å². The molecule has 0 aliphatic rings. The van der Waals surface area contributed by atoms with Gasteiger partial charge in [-0.3, -0.25) is 9.48 Å². The fraction of sp³-hybridized carbons (Fsp3) is 0.200. The van der Waals surface area contributed by atoms with Crippen molar-refractivity contribution in [2.75, 3.05) is 18.5 Å². The third kappa shape index (κ3) is 6.62. The van der Waals surface area contributed by atoms with E-state index in [0.717, 1.165) is 18.2 Å². The first-order valence-corrected chi connectivity index (χ1v) is 11.8. The molecule has 0 aliphatic carbocycles. The Morgan fingerprint density at radius 3 is 2.48 bits per heavy atom. The summed E-state index contributed by atoms with van der Waals surface area (Å²) in [5.74, 6) is 4.66. The molecule has 1 amide bonds. The number of hydrogen-bond acceptors (Lipinski definition) is 7. The second kappa shape index (κ2) is 12.0. The number of aliphatic hydroxyl groups excluding tert-OH is 1. The van der Waals surface area contributed by atoms with Crippen molar-refractivity contribution < 1.29 is 27.5 Å². The van der Waals surface area contributed by atoms with Gasteiger partial charge in [0.15, 0.2) is 0 Å². The Morgan fingerprint density at radius 2 is 1.85 bits per heavy atom. The average Bonchev–Trinajstić information content (AvgIpc) is 3.53. The third-order valence-electron chi connectivity index (χ3n) is 5.62. The summed E-state index contributed by atoms with van der Waals surface area (Å²) in [7, 11) is 1.57. The van der Waals surface area contributed by atoms with Gasteiger partial charge in [0.1, 0.15) is 17.5 Å². The Hall–Kier alpha value is -4.76. The first-order chi connectivity index (χ1) is 19.1. The van der Waals surface area contributed by atoms with Crippen LogP contribution in [0.15, 0.2) is 65.9 Å². The predicted octanol–water partition coefficient (Wildman–Crippen LogP) is 2.58. The van der Waals surface area contributed by atoms with E-state index in [4.69, 9.17) is 10.9 Å². The van der Waals surface area contributed by atoms with E-state index in [1.54, 1.807) is 7.05 Å². The maximum atomic E-state index is 13.7. The summed E-state index contributed by atoms with van der Waals surface area (Å²) in [6, 6.07) is 11.3. The average molecular weight is 560 g/mol. The van der Waals surface area contributed by atoms with Gasteiger partial charge < -0.3 is 21.7 Å². The number of hydrogen-bond donors (Lipinski definition) is 5. The minimum atomic E-state index is -4.67. The lowest BCUT2D eigenvalue weighted by Gasteiger charge is -2.14. The number of aryl methyl sites for hydroxylation is 1. The zero-order valence-electron chi connectivity index (χ0n) is 21.1. The minimum Gasteiger partial charge on any atom is -0.395 e. The number of carbonyl (C=O) groups excluding carboxylic acids is 1. The molecular formula is C25H25F4N9O2. The van der Waals surface area contributed by atoms with Gasteiger partial charge in [-0.2, -0.15) is 28.5 Å². The number of halogens is 4. The van der Waals surface area contributed by atoms with Crippen LogP contribution in [0.2, 0.25) is 0 Å². The molecule has 0 saturated heterocycles. The van der Waals surface area contributed by atoms with Crippen molar-refractivity contribution in [3.8, 4) is 16.9 Å². The summed E-state index contributed by atoms with van der Waals surface area (Å²) in [5.41, 5.74) is 5.06. The van der Waals surface area contributed by atoms with Crippen LogP contribution in [-0.2, 0) is 19.6 Å². The summed E-state index contributed by atoms with van der Waals surface area (Å²) < 4.78 is 57.4. The normalized spacial score (nSPS) is 12.0. The SMILES string of the molecule is Cn1ccc(-c2cc(C(=O)Nc3cc(C/C(=N/N)NNCCO)nn3-c3ccc(F)cc3)ccc2C(F)(F)F)n1. The Balaban J connectivity index is 1.68. The van der Waals surface area contributed by atoms with Crippen LogP contribution in [0, 0.1) is 5.82 Å². The highest BCUT2D eigenvalue weighted by Crippen LogP contribution is 2.37. The largest absolute Gasteiger partial charge is 0.417 e. The molecule has 0 radical (unpaired) electrons. The maximum absolute atomic E-state index is 13.7. The number of aromatic nitrogens is 4. The number of nitrogens with zero attached hydrogens (tertiary/aromatic N) is 5. The number of alkyl halides is 3. The standard InChI is InChI=1S/C25H25F4N9O2/c1-37-10-8-21(36-37)19-12-15(2-7-20(19)25(27,28)29)24(40)32-23-14-17(13-22(33-30)34-31-9-11-39)35-38(23)18-5-3-16(26)4-6-18/h2-8,10,12,14,31,39H,9,11,13,30H2,1H3,(H,32,40)(H,33,34). The molecule has 0 saturated carbocycles. The summed E-state index contributed by atoms with van der Waals surface area (Å²) >= 11 is 0. The van der Waals surface area contributed by atoms with E-state index in [2.05, 4.69) is 31.5 Å². The lowest BCUT2D eigenvalue weighted by Crippen LogP contribution is -2.40. The van der Waals surface area contributed by atoms with Gasteiger partial charge in [-0.25, -0.2) is 14.5 Å². The van der Waals surface area contributed by atoms with Gasteiger partial charge >= 0.3 is 6.18 Å². The van der Waals surface area contributed by atoms with Crippen molar-refractivity contribution in [1.29, 1.82) is 0 Å². The zero-order valence-corrected chi connectivity index (χ0v) is 21.1. The summed E-state index contributed by atoms with van der Waals surface area (Å²) in [6.45, 7) is 0.0875. The van der Waals surface area contributed by atoms with Crippen molar-refractivity contribution in [2.45, 2.75) is 12.6 Å². The van der Waals surface area contributed by atoms with Gasteiger partial charge in [0.05, 0.1) is 35.7 Å². The number of anilines is 1. The lowest BCUT2D eigenvalue weighted by molar-refractivity contribution is -0.137. The number of hydrazine groups is 1. The van der Waals surface area contributed by atoms with E-state index < -0.39 is 23.5 Å². The predicted molar refractivity (Wildman–Crippen MR) is 139 cm³/mol. The van der Waals surface area contributed by atoms with Gasteiger partial charge in [0.2, 0.25) is 0 Å². The van der Waals surface area contributed by atoms with E-state index in [9.17, 15) is 22.4 Å². The van der Waals surface area contributed by atoms with Gasteiger partial charge in [-0.15, -0.1) is 0 Å². The molecule has 2 aromatic heterocycles. The van der Waals surface area contributed by atoms with Gasteiger partial charge in [-0.1, -0.05) is 0 Å². The summed E-state index contributed by atoms with van der Waals surface area (Å²) in [5, 5.41) is 23.7. The van der Waals surface area contributed by atoms with Crippen molar-refractivity contribution in [2.24, 2.45) is 18.0 Å². The quantitative estimate of drug-likeness (QED) is 0.0529. The molecule has 0 fully saturated rings. The molecule has 4 aromatic rings. The number of hydrazone groups is 1. The highest BCUT2D eigenvalue weighted by Gasteiger charge is 2.34. The molecule has 0 aliphatic heterocycles. The highest BCUT2D eigenvalue weighted by molar-refractivity contribution is 6.05. The Bertz CT molecular complexity index is 1510. The van der Waals surface area contributed by atoms with Crippen LogP contribution in [0.4, 0.5) is 23.4 Å². The highest BCUT2D eigenvalue weighted by atomic mass is 19.4. The van der Waals surface area contributed by atoms with Crippen LogP contribution < -0.4 is 22.0 Å². The molecular weight excluding hydrogens is 534 g/mol. The minimum absolute atomic E-state index is 0.0545. The molecule has 210 valence electrons. The molecule has 0 spiro atoms. The summed E-state index contributed by atoms with van der Waals surface area (Å²) in [4.78, 5) is 13.3. The first kappa shape index (κ1) is 28.3. The van der Waals surface area contributed by atoms with E-state index in [0.29, 0.717) is 11.4 Å². The number of amides is 1. The Kier molecular flexibility index (Phi) is 8.45. The van der Waals surface area contributed by atoms with Crippen LogP contribution in [-0.4, -0.2) is 49.6 Å². The van der Waals surface area contributed by atoms with Crippen molar-refractivity contribution >= 4 is 17.6 Å². The topological polar surface area (TPSA) is 147 Å². The lowest BCUT2D eigenvalue weighted by atomic mass is 10.0. The monoisotopic (exact) mass is 559 g/mol. The van der Waals surface area contributed by atoms with Crippen LogP contribution in [0.1, 0.15) is 21.6 Å². The molecule has 2 heterocycles. The molecule has 11 nitrogen and oxygen atoms in total. The van der Waals surface area contributed by atoms with E-state index in [1.807, 2.05) is 0 Å². The number of aliphatic hydroxyl groups is 1. The molecule has 6 N–H and O–H groups in total. The smallest absolute Gasteiger partial charge is 0.395 e. The van der Waals surface area contributed by atoms with Crippen LogP contribution >= 0.6 is 0 Å². The Labute approximate surface area is 225 Å². The van der Waals surface area contributed by atoms with Crippen LogP contribution in [0.5, 0.6) is 0 Å². The van der Waals surface area contributed by atoms with Gasteiger partial charge in [0, 0.05) is 37.0 Å². The van der Waals surface area contributed by atoms with Gasteiger partial charge in [-0.05, 0) is 48.5 Å². The summed E-state index contributed by atoms with van der Waals surface area (Å²) in [6.07, 6.45) is -3.09. The molecule has 2 aromatic carbocycles. The number of rotatable bonds is 9.